The summed E-state index contributed by atoms with van der Waals surface area (Å²) in [5.74, 6) is 0.162. The average Bonchev–Trinajstić information content (AvgIpc) is 3.21. The van der Waals surface area contributed by atoms with Crippen molar-refractivity contribution < 1.29 is 12.8 Å². The van der Waals surface area contributed by atoms with E-state index >= 15 is 0 Å². The molecule has 0 aliphatic carbocycles. The smallest absolute Gasteiger partial charge is 0.246 e. The predicted octanol–water partition coefficient (Wildman–Crippen LogP) is 1.90. The number of hydrogen-bond donors (Lipinski definition) is 0. The first-order chi connectivity index (χ1) is 11.9. The number of benzene rings is 1. The molecule has 26 heavy (non-hydrogen) atoms. The fraction of sp³-hybridized carbons (Fsp3) is 0.471. The summed E-state index contributed by atoms with van der Waals surface area (Å²) in [4.78, 5) is 2.43. The van der Waals surface area contributed by atoms with Crippen molar-refractivity contribution in [2.45, 2.75) is 10.9 Å². The third-order valence-corrected chi connectivity index (χ3v) is 7.15. The summed E-state index contributed by atoms with van der Waals surface area (Å²) in [6.07, 6.45) is 2.92. The van der Waals surface area contributed by atoms with E-state index in [1.54, 1.807) is 23.5 Å². The minimum Gasteiger partial charge on any atom is -0.299 e. The fourth-order valence-electron chi connectivity index (χ4n) is 4.29. The maximum atomic E-state index is 13.6. The molecule has 2 fully saturated rings. The van der Waals surface area contributed by atoms with Crippen molar-refractivity contribution in [1.29, 1.82) is 0 Å². The van der Waals surface area contributed by atoms with Crippen LogP contribution in [0.1, 0.15) is 11.6 Å². The number of hydrogen-bond acceptors (Lipinski definition) is 4. The van der Waals surface area contributed by atoms with Gasteiger partial charge in [-0.2, -0.15) is 9.40 Å². The van der Waals surface area contributed by atoms with E-state index in [4.69, 9.17) is 0 Å². The van der Waals surface area contributed by atoms with E-state index in [0.29, 0.717) is 13.1 Å². The van der Waals surface area contributed by atoms with E-state index in [9.17, 15) is 12.8 Å². The molecule has 142 valence electrons. The number of fused-ring (bicyclic) bond motifs is 1. The van der Waals surface area contributed by atoms with Crippen LogP contribution in [0.4, 0.5) is 4.39 Å². The normalized spacial score (nSPS) is 26.7. The molecule has 0 N–H and O–H groups in total. The molecule has 2 aromatic rings. The van der Waals surface area contributed by atoms with E-state index < -0.39 is 10.0 Å². The second-order valence-corrected chi connectivity index (χ2v) is 8.97. The summed E-state index contributed by atoms with van der Waals surface area (Å²) in [5, 5.41) is 3.97. The van der Waals surface area contributed by atoms with Crippen LogP contribution in [-0.4, -0.2) is 54.1 Å². The highest BCUT2D eigenvalue weighted by atomic mass is 35.5. The first-order valence-electron chi connectivity index (χ1n) is 8.31. The van der Waals surface area contributed by atoms with E-state index in [1.165, 1.54) is 23.1 Å². The largest absolute Gasteiger partial charge is 0.299 e. The summed E-state index contributed by atoms with van der Waals surface area (Å²) in [6.45, 7) is 1.76. The van der Waals surface area contributed by atoms with Crippen molar-refractivity contribution in [3.63, 3.8) is 0 Å². The van der Waals surface area contributed by atoms with E-state index in [2.05, 4.69) is 10.00 Å². The van der Waals surface area contributed by atoms with Gasteiger partial charge >= 0.3 is 0 Å². The van der Waals surface area contributed by atoms with Crippen molar-refractivity contribution in [2.24, 2.45) is 18.9 Å². The Morgan fingerprint density at radius 3 is 2.62 bits per heavy atom. The second-order valence-electron chi connectivity index (χ2n) is 7.04. The Bertz CT molecular complexity index is 904. The van der Waals surface area contributed by atoms with Crippen LogP contribution in [0.2, 0.25) is 0 Å². The van der Waals surface area contributed by atoms with Gasteiger partial charge in [0.15, 0.2) is 0 Å². The number of nitrogens with zero attached hydrogens (tertiary/aromatic N) is 4. The lowest BCUT2D eigenvalue weighted by Crippen LogP contribution is -2.33. The van der Waals surface area contributed by atoms with Gasteiger partial charge in [-0.05, 0) is 36.6 Å². The summed E-state index contributed by atoms with van der Waals surface area (Å²) < 4.78 is 42.4. The summed E-state index contributed by atoms with van der Waals surface area (Å²) in [5.41, 5.74) is 0.913. The lowest BCUT2D eigenvalue weighted by Gasteiger charge is -2.26. The molecule has 9 heteroatoms. The molecule has 2 saturated heterocycles. The molecule has 6 nitrogen and oxygen atoms in total. The highest BCUT2D eigenvalue weighted by Crippen LogP contribution is 2.45. The molecule has 4 rings (SSSR count). The molecular weight excluding hydrogens is 379 g/mol. The van der Waals surface area contributed by atoms with Crippen LogP contribution in [0.25, 0.3) is 0 Å². The molecule has 1 aromatic carbocycles. The third-order valence-electron chi connectivity index (χ3n) is 5.37. The van der Waals surface area contributed by atoms with Crippen molar-refractivity contribution in [3.05, 3.63) is 48.0 Å². The van der Waals surface area contributed by atoms with Gasteiger partial charge in [0.25, 0.3) is 0 Å². The highest BCUT2D eigenvalue weighted by molar-refractivity contribution is 7.89. The van der Waals surface area contributed by atoms with Crippen molar-refractivity contribution in [1.82, 2.24) is 19.0 Å². The molecule has 2 aliphatic rings. The molecule has 3 atom stereocenters. The number of aryl methyl sites for hydroxylation is 1. The SMILES string of the molecule is CN1C[C@H]2CN(S(=O)(=O)c3cnn(C)c3)C[C@H]2[C@@H]1c1cccc(F)c1.Cl. The van der Waals surface area contributed by atoms with Crippen LogP contribution in [0.15, 0.2) is 41.6 Å². The van der Waals surface area contributed by atoms with E-state index in [0.717, 1.165) is 12.1 Å². The number of aromatic nitrogens is 2. The maximum absolute atomic E-state index is 13.6. The van der Waals surface area contributed by atoms with Gasteiger partial charge in [-0.1, -0.05) is 12.1 Å². The van der Waals surface area contributed by atoms with Gasteiger partial charge in [0, 0.05) is 38.9 Å². The Labute approximate surface area is 159 Å². The highest BCUT2D eigenvalue weighted by Gasteiger charge is 2.49. The Balaban J connectivity index is 0.00000196. The Morgan fingerprint density at radius 1 is 1.19 bits per heavy atom. The Hall–Kier alpha value is -1.48. The summed E-state index contributed by atoms with van der Waals surface area (Å²) >= 11 is 0. The van der Waals surface area contributed by atoms with Crippen LogP contribution in [0, 0.1) is 17.7 Å². The standard InChI is InChI=1S/C17H21FN4O2S.ClH/c1-20-8-13-9-22(25(23,24)15-7-19-21(2)10-15)11-16(13)17(20)12-4-3-5-14(18)6-12;/h3-7,10,13,16-17H,8-9,11H2,1-2H3;1H/t13-,16+,17-;/m0./s1. The van der Waals surface area contributed by atoms with Crippen LogP contribution in [0.5, 0.6) is 0 Å². The first kappa shape index (κ1) is 19.3. The number of likely N-dealkylation sites (tertiary alicyclic amines) is 1. The van der Waals surface area contributed by atoms with E-state index in [-0.39, 0.29) is 41.0 Å². The monoisotopic (exact) mass is 400 g/mol. The third kappa shape index (κ3) is 3.15. The van der Waals surface area contributed by atoms with Gasteiger partial charge in [0.1, 0.15) is 10.7 Å². The van der Waals surface area contributed by atoms with Gasteiger partial charge in [-0.25, -0.2) is 12.8 Å². The molecule has 3 heterocycles. The quantitative estimate of drug-likeness (QED) is 0.789. The lowest BCUT2D eigenvalue weighted by molar-refractivity contribution is 0.260. The van der Waals surface area contributed by atoms with Crippen LogP contribution >= 0.6 is 12.4 Å². The lowest BCUT2D eigenvalue weighted by atomic mass is 9.89. The van der Waals surface area contributed by atoms with Crippen LogP contribution in [-0.2, 0) is 17.1 Å². The number of halogens is 2. The Morgan fingerprint density at radius 2 is 1.96 bits per heavy atom. The zero-order chi connectivity index (χ0) is 17.8. The van der Waals surface area contributed by atoms with Gasteiger partial charge in [0.2, 0.25) is 10.0 Å². The summed E-state index contributed by atoms with van der Waals surface area (Å²) in [7, 11) is 0.189. The van der Waals surface area contributed by atoms with Gasteiger partial charge in [-0.3, -0.25) is 9.58 Å². The van der Waals surface area contributed by atoms with Crippen molar-refractivity contribution >= 4 is 22.4 Å². The molecule has 0 radical (unpaired) electrons. The van der Waals surface area contributed by atoms with Crippen molar-refractivity contribution in [2.75, 3.05) is 26.7 Å². The molecule has 1 aromatic heterocycles. The minimum absolute atomic E-state index is 0. The topological polar surface area (TPSA) is 58.4 Å². The van der Waals surface area contributed by atoms with Crippen molar-refractivity contribution in [3.8, 4) is 0 Å². The average molecular weight is 401 g/mol. The molecule has 0 spiro atoms. The molecule has 0 saturated carbocycles. The first-order valence-corrected chi connectivity index (χ1v) is 9.75. The molecule has 0 unspecified atom stereocenters. The van der Waals surface area contributed by atoms with Gasteiger partial charge in [0.05, 0.1) is 6.20 Å². The predicted molar refractivity (Wildman–Crippen MR) is 98.0 cm³/mol. The molecule has 0 amide bonds. The van der Waals surface area contributed by atoms with Crippen LogP contribution in [0.3, 0.4) is 0 Å². The Kier molecular flexibility index (Phi) is 5.13. The maximum Gasteiger partial charge on any atom is 0.246 e. The molecule has 0 bridgehead atoms. The second kappa shape index (κ2) is 6.92. The van der Waals surface area contributed by atoms with Gasteiger partial charge in [-0.15, -0.1) is 12.4 Å². The van der Waals surface area contributed by atoms with Crippen LogP contribution < -0.4 is 0 Å². The van der Waals surface area contributed by atoms with E-state index in [1.807, 2.05) is 13.1 Å². The molecule has 2 aliphatic heterocycles. The zero-order valence-electron chi connectivity index (χ0n) is 14.6. The van der Waals surface area contributed by atoms with Gasteiger partial charge < -0.3 is 0 Å². The number of sulfonamides is 1. The fourth-order valence-corrected chi connectivity index (χ4v) is 5.81. The summed E-state index contributed by atoms with van der Waals surface area (Å²) in [6, 6.07) is 6.66. The number of rotatable bonds is 3. The minimum atomic E-state index is -3.53. The molecular formula is C17H22ClFN4O2S. The zero-order valence-corrected chi connectivity index (χ0v) is 16.3.